The van der Waals surface area contributed by atoms with Crippen LogP contribution in [0.4, 0.5) is 5.69 Å². The van der Waals surface area contributed by atoms with Crippen molar-refractivity contribution >= 4 is 5.69 Å². The van der Waals surface area contributed by atoms with Crippen LogP contribution in [0, 0.1) is 10.1 Å². The molecule has 3 rings (SSSR count). The van der Waals surface area contributed by atoms with Crippen LogP contribution in [0.2, 0.25) is 0 Å². The van der Waals surface area contributed by atoms with Crippen LogP contribution in [-0.2, 0) is 4.74 Å². The quantitative estimate of drug-likeness (QED) is 0.661. The molecule has 1 aromatic carbocycles. The maximum atomic E-state index is 11.0. The van der Waals surface area contributed by atoms with E-state index in [4.69, 9.17) is 4.74 Å². The Bertz CT molecular complexity index is 517. The average molecular weight is 291 g/mol. The lowest BCUT2D eigenvalue weighted by Crippen LogP contribution is -2.49. The lowest BCUT2D eigenvalue weighted by atomic mass is 9.97. The van der Waals surface area contributed by atoms with Crippen LogP contribution in [0.3, 0.4) is 0 Å². The molecule has 21 heavy (non-hydrogen) atoms. The Kier molecular flexibility index (Phi) is 4.19. The van der Waals surface area contributed by atoms with Gasteiger partial charge in [0.05, 0.1) is 23.7 Å². The molecule has 0 radical (unpaired) electrons. The molecule has 114 valence electrons. The number of hydrogen-bond donors (Lipinski definition) is 1. The van der Waals surface area contributed by atoms with Crippen molar-refractivity contribution < 1.29 is 9.66 Å². The summed E-state index contributed by atoms with van der Waals surface area (Å²) in [6, 6.07) is 7.68. The van der Waals surface area contributed by atoms with Gasteiger partial charge in [0.1, 0.15) is 0 Å². The summed E-state index contributed by atoms with van der Waals surface area (Å²) in [5.41, 5.74) is 1.13. The zero-order valence-electron chi connectivity index (χ0n) is 12.2. The number of likely N-dealkylation sites (N-methyl/N-ethyl adjacent to an activating group) is 1. The lowest BCUT2D eigenvalue weighted by Gasteiger charge is -2.41. The molecule has 0 spiro atoms. The fourth-order valence-corrected chi connectivity index (χ4v) is 3.17. The number of hydrogen-bond acceptors (Lipinski definition) is 5. The summed E-state index contributed by atoms with van der Waals surface area (Å²) in [7, 11) is 1.91. The maximum Gasteiger partial charge on any atom is 0.269 e. The molecule has 1 aliphatic heterocycles. The first-order valence-corrected chi connectivity index (χ1v) is 7.47. The summed E-state index contributed by atoms with van der Waals surface area (Å²) in [4.78, 5) is 13.2. The smallest absolute Gasteiger partial charge is 0.269 e. The number of nitrogens with one attached hydrogen (secondary N) is 1. The van der Waals surface area contributed by atoms with Crippen molar-refractivity contribution in [3.8, 4) is 0 Å². The standard InChI is InChI=1S/C15H21N3O3/c1-16-10-14-15(17(7-8-21-14)12-5-6-12)11-3-2-4-13(9-11)18(19)20/h2-4,9,12,14-16H,5-8,10H2,1H3. The van der Waals surface area contributed by atoms with Gasteiger partial charge in [0.2, 0.25) is 0 Å². The average Bonchev–Trinajstić information content (AvgIpc) is 3.32. The van der Waals surface area contributed by atoms with E-state index >= 15 is 0 Å². The van der Waals surface area contributed by atoms with Crippen LogP contribution < -0.4 is 5.32 Å². The van der Waals surface area contributed by atoms with Crippen molar-refractivity contribution in [1.29, 1.82) is 0 Å². The number of benzene rings is 1. The summed E-state index contributed by atoms with van der Waals surface area (Å²) >= 11 is 0. The molecular formula is C15H21N3O3. The SMILES string of the molecule is CNCC1OCCN(C2CC2)C1c1cccc([N+](=O)[O-])c1. The number of non-ortho nitro benzene ring substituents is 1. The summed E-state index contributed by atoms with van der Waals surface area (Å²) in [5.74, 6) is 0. The summed E-state index contributed by atoms with van der Waals surface area (Å²) in [6.07, 6.45) is 2.47. The van der Waals surface area contributed by atoms with Gasteiger partial charge in [0, 0.05) is 31.3 Å². The first kappa shape index (κ1) is 14.4. The van der Waals surface area contributed by atoms with E-state index < -0.39 is 0 Å². The number of morpholine rings is 1. The second-order valence-corrected chi connectivity index (χ2v) is 5.73. The first-order valence-electron chi connectivity index (χ1n) is 7.47. The molecule has 1 N–H and O–H groups in total. The van der Waals surface area contributed by atoms with Gasteiger partial charge in [-0.3, -0.25) is 15.0 Å². The third-order valence-corrected chi connectivity index (χ3v) is 4.23. The highest BCUT2D eigenvalue weighted by Gasteiger charge is 2.41. The van der Waals surface area contributed by atoms with E-state index in [2.05, 4.69) is 10.2 Å². The molecule has 0 bridgehead atoms. The highest BCUT2D eigenvalue weighted by Crippen LogP contribution is 2.39. The van der Waals surface area contributed by atoms with Gasteiger partial charge < -0.3 is 10.1 Å². The molecule has 2 fully saturated rings. The molecule has 2 aliphatic rings. The Labute approximate surface area is 124 Å². The molecule has 1 aliphatic carbocycles. The minimum absolute atomic E-state index is 0.0337. The van der Waals surface area contributed by atoms with Crippen molar-refractivity contribution in [3.63, 3.8) is 0 Å². The Morgan fingerprint density at radius 1 is 1.48 bits per heavy atom. The molecular weight excluding hydrogens is 270 g/mol. The van der Waals surface area contributed by atoms with Crippen molar-refractivity contribution in [2.45, 2.75) is 31.0 Å². The summed E-state index contributed by atoms with van der Waals surface area (Å²) in [5, 5.41) is 14.2. The second-order valence-electron chi connectivity index (χ2n) is 5.73. The topological polar surface area (TPSA) is 67.6 Å². The number of nitrogens with zero attached hydrogens (tertiary/aromatic N) is 2. The van der Waals surface area contributed by atoms with Crippen LogP contribution in [0.25, 0.3) is 0 Å². The van der Waals surface area contributed by atoms with E-state index in [1.165, 1.54) is 12.8 Å². The van der Waals surface area contributed by atoms with Crippen LogP contribution in [0.15, 0.2) is 24.3 Å². The molecule has 6 heteroatoms. The fraction of sp³-hybridized carbons (Fsp3) is 0.600. The molecule has 1 aromatic rings. The number of rotatable bonds is 5. The molecule has 6 nitrogen and oxygen atoms in total. The molecule has 1 heterocycles. The minimum atomic E-state index is -0.332. The van der Waals surface area contributed by atoms with E-state index in [0.717, 1.165) is 25.3 Å². The van der Waals surface area contributed by atoms with Gasteiger partial charge in [-0.2, -0.15) is 0 Å². The van der Waals surface area contributed by atoms with Gasteiger partial charge in [0.15, 0.2) is 0 Å². The van der Waals surface area contributed by atoms with E-state index in [9.17, 15) is 10.1 Å². The van der Waals surface area contributed by atoms with Crippen molar-refractivity contribution in [2.24, 2.45) is 0 Å². The minimum Gasteiger partial charge on any atom is -0.374 e. The molecule has 0 aromatic heterocycles. The van der Waals surface area contributed by atoms with Crippen molar-refractivity contribution in [2.75, 3.05) is 26.7 Å². The monoisotopic (exact) mass is 291 g/mol. The van der Waals surface area contributed by atoms with Crippen LogP contribution in [-0.4, -0.2) is 48.7 Å². The normalized spacial score (nSPS) is 26.7. The third-order valence-electron chi connectivity index (χ3n) is 4.23. The van der Waals surface area contributed by atoms with Gasteiger partial charge in [-0.15, -0.1) is 0 Å². The van der Waals surface area contributed by atoms with Crippen LogP contribution >= 0.6 is 0 Å². The highest BCUT2D eigenvalue weighted by molar-refractivity contribution is 5.36. The van der Waals surface area contributed by atoms with Gasteiger partial charge in [0.25, 0.3) is 5.69 Å². The van der Waals surface area contributed by atoms with E-state index in [1.54, 1.807) is 18.2 Å². The molecule has 1 saturated carbocycles. The summed E-state index contributed by atoms with van der Waals surface area (Å²) in [6.45, 7) is 2.38. The van der Waals surface area contributed by atoms with Crippen molar-refractivity contribution in [3.05, 3.63) is 39.9 Å². The maximum absolute atomic E-state index is 11.0. The number of nitro groups is 1. The predicted molar refractivity (Wildman–Crippen MR) is 79.2 cm³/mol. The van der Waals surface area contributed by atoms with E-state index in [0.29, 0.717) is 6.04 Å². The molecule has 2 unspecified atom stereocenters. The Balaban J connectivity index is 1.92. The lowest BCUT2D eigenvalue weighted by molar-refractivity contribution is -0.385. The van der Waals surface area contributed by atoms with Crippen molar-refractivity contribution in [1.82, 2.24) is 10.2 Å². The number of nitro benzene ring substituents is 1. The zero-order valence-corrected chi connectivity index (χ0v) is 12.2. The zero-order chi connectivity index (χ0) is 14.8. The first-order chi connectivity index (χ1) is 10.2. The van der Waals surface area contributed by atoms with Crippen LogP contribution in [0.5, 0.6) is 0 Å². The second kappa shape index (κ2) is 6.09. The Hall–Kier alpha value is -1.50. The van der Waals surface area contributed by atoms with Gasteiger partial charge >= 0.3 is 0 Å². The predicted octanol–water partition coefficient (Wildman–Crippen LogP) is 1.72. The third kappa shape index (κ3) is 3.07. The van der Waals surface area contributed by atoms with Crippen LogP contribution in [0.1, 0.15) is 24.4 Å². The highest BCUT2D eigenvalue weighted by atomic mass is 16.6. The fourth-order valence-electron chi connectivity index (χ4n) is 3.17. The summed E-state index contributed by atoms with van der Waals surface area (Å²) < 4.78 is 5.92. The molecule has 1 saturated heterocycles. The Morgan fingerprint density at radius 2 is 2.29 bits per heavy atom. The van der Waals surface area contributed by atoms with Gasteiger partial charge in [-0.05, 0) is 25.5 Å². The molecule has 2 atom stereocenters. The van der Waals surface area contributed by atoms with E-state index in [1.807, 2.05) is 13.1 Å². The van der Waals surface area contributed by atoms with Gasteiger partial charge in [-0.25, -0.2) is 0 Å². The largest absolute Gasteiger partial charge is 0.374 e. The van der Waals surface area contributed by atoms with Gasteiger partial charge in [-0.1, -0.05) is 12.1 Å². The molecule has 0 amide bonds. The van der Waals surface area contributed by atoms with E-state index in [-0.39, 0.29) is 22.8 Å². The number of ether oxygens (including phenoxy) is 1. The Morgan fingerprint density at radius 3 is 2.95 bits per heavy atom.